The Morgan fingerprint density at radius 2 is 1.52 bits per heavy atom. The number of hydrogen-bond acceptors (Lipinski definition) is 4. The van der Waals surface area contributed by atoms with Gasteiger partial charge in [0.05, 0.1) is 32.8 Å². The van der Waals surface area contributed by atoms with Gasteiger partial charge in [-0.05, 0) is 55.5 Å². The van der Waals surface area contributed by atoms with Crippen molar-refractivity contribution in [1.82, 2.24) is 4.90 Å². The summed E-state index contributed by atoms with van der Waals surface area (Å²) in [7, 11) is 0. The molecule has 2 amide bonds. The Morgan fingerprint density at radius 1 is 0.966 bits per heavy atom. The van der Waals surface area contributed by atoms with Crippen molar-refractivity contribution < 1.29 is 24.0 Å². The zero-order valence-electron chi connectivity index (χ0n) is 16.9. The van der Waals surface area contributed by atoms with Crippen LogP contribution in [0.15, 0.2) is 48.5 Å². The van der Waals surface area contributed by atoms with Gasteiger partial charge in [0.25, 0.3) is 5.91 Å². The van der Waals surface area contributed by atoms with Gasteiger partial charge in [0.2, 0.25) is 5.91 Å². The van der Waals surface area contributed by atoms with E-state index in [4.69, 9.17) is 9.47 Å². The van der Waals surface area contributed by atoms with E-state index in [1.54, 1.807) is 6.92 Å². The average Bonchev–Trinajstić information content (AvgIpc) is 2.71. The van der Waals surface area contributed by atoms with E-state index in [-0.39, 0.29) is 11.8 Å². The fourth-order valence-electron chi connectivity index (χ4n) is 3.26. The Labute approximate surface area is 171 Å². The van der Waals surface area contributed by atoms with Crippen LogP contribution in [0.1, 0.15) is 13.8 Å². The fraction of sp³-hybridized carbons (Fsp3) is 0.364. The fourth-order valence-corrected chi connectivity index (χ4v) is 3.26. The van der Waals surface area contributed by atoms with Crippen LogP contribution in [0.5, 0.6) is 17.2 Å². The number of nitrogens with zero attached hydrogens (tertiary/aromatic N) is 1. The van der Waals surface area contributed by atoms with Gasteiger partial charge in [0.15, 0.2) is 6.54 Å². The maximum absolute atomic E-state index is 12.3. The lowest BCUT2D eigenvalue weighted by atomic mass is 10.2. The summed E-state index contributed by atoms with van der Waals surface area (Å²) in [6.07, 6.45) is 0. The zero-order valence-corrected chi connectivity index (χ0v) is 16.9. The first-order chi connectivity index (χ1) is 14.0. The molecule has 2 aromatic carbocycles. The molecule has 7 nitrogen and oxygen atoms in total. The van der Waals surface area contributed by atoms with E-state index in [9.17, 15) is 9.59 Å². The van der Waals surface area contributed by atoms with Crippen LogP contribution >= 0.6 is 0 Å². The normalized spacial score (nSPS) is 14.3. The number of benzene rings is 2. The number of amides is 2. The van der Waals surface area contributed by atoms with E-state index in [0.717, 1.165) is 30.3 Å². The highest BCUT2D eigenvalue weighted by Crippen LogP contribution is 2.25. The second kappa shape index (κ2) is 9.93. The Kier molecular flexibility index (Phi) is 7.08. The van der Waals surface area contributed by atoms with Gasteiger partial charge in [-0.15, -0.1) is 0 Å². The van der Waals surface area contributed by atoms with Gasteiger partial charge < -0.3 is 24.6 Å². The Bertz CT molecular complexity index is 813. The van der Waals surface area contributed by atoms with Crippen LogP contribution in [0, 0.1) is 0 Å². The van der Waals surface area contributed by atoms with Gasteiger partial charge in [-0.1, -0.05) is 0 Å². The van der Waals surface area contributed by atoms with E-state index in [1.807, 2.05) is 60.4 Å². The number of anilines is 1. The summed E-state index contributed by atoms with van der Waals surface area (Å²) < 4.78 is 11.2. The molecule has 0 aromatic heterocycles. The number of piperazine rings is 1. The molecule has 0 aliphatic carbocycles. The molecule has 1 fully saturated rings. The second-order valence-electron chi connectivity index (χ2n) is 7.01. The molecule has 1 heterocycles. The number of nitrogens with one attached hydrogen (secondary N) is 2. The van der Waals surface area contributed by atoms with Crippen LogP contribution in [0.3, 0.4) is 0 Å². The van der Waals surface area contributed by atoms with Crippen LogP contribution < -0.4 is 19.7 Å². The van der Waals surface area contributed by atoms with Crippen molar-refractivity contribution in [2.24, 2.45) is 0 Å². The molecule has 154 valence electrons. The van der Waals surface area contributed by atoms with Gasteiger partial charge in [-0.2, -0.15) is 0 Å². The topological polar surface area (TPSA) is 72.3 Å². The highest BCUT2D eigenvalue weighted by Gasteiger charge is 2.23. The summed E-state index contributed by atoms with van der Waals surface area (Å²) in [6, 6.07) is 14.7. The van der Waals surface area contributed by atoms with Crippen LogP contribution in [-0.4, -0.2) is 56.0 Å². The summed E-state index contributed by atoms with van der Waals surface area (Å²) in [5, 5.41) is 2.92. The molecule has 2 aromatic rings. The van der Waals surface area contributed by atoms with Crippen LogP contribution in [0.25, 0.3) is 0 Å². The number of hydrogen-bond donors (Lipinski definition) is 2. The SMILES string of the molecule is CCOc1ccc(Oc2ccc(NC(=O)C[NH+]3CCN(C(C)=O)CC3)cc2)cc1. The number of carbonyl (C=O) groups excluding carboxylic acids is 2. The molecular weight excluding hydrogens is 370 g/mol. The lowest BCUT2D eigenvalue weighted by molar-refractivity contribution is -0.895. The number of carbonyl (C=O) groups is 2. The van der Waals surface area contributed by atoms with Crippen LogP contribution in [-0.2, 0) is 9.59 Å². The summed E-state index contributed by atoms with van der Waals surface area (Å²) in [6.45, 7) is 7.55. The number of ether oxygens (including phenoxy) is 2. The molecule has 29 heavy (non-hydrogen) atoms. The third-order valence-corrected chi connectivity index (χ3v) is 4.83. The van der Waals surface area contributed by atoms with E-state index < -0.39 is 0 Å². The van der Waals surface area contributed by atoms with E-state index in [2.05, 4.69) is 5.32 Å². The van der Waals surface area contributed by atoms with Crippen molar-refractivity contribution in [3.63, 3.8) is 0 Å². The Hall–Kier alpha value is -3.06. The lowest BCUT2D eigenvalue weighted by Gasteiger charge is -2.31. The van der Waals surface area contributed by atoms with E-state index >= 15 is 0 Å². The number of rotatable bonds is 7. The molecule has 0 spiro atoms. The van der Waals surface area contributed by atoms with Crippen molar-refractivity contribution in [2.45, 2.75) is 13.8 Å². The largest absolute Gasteiger partial charge is 0.494 e. The Morgan fingerprint density at radius 3 is 2.07 bits per heavy atom. The van der Waals surface area contributed by atoms with Crippen molar-refractivity contribution in [2.75, 3.05) is 44.6 Å². The first kappa shape index (κ1) is 20.7. The molecule has 0 unspecified atom stereocenters. The van der Waals surface area contributed by atoms with Gasteiger partial charge in [0, 0.05) is 12.6 Å². The molecular formula is C22H28N3O4+. The standard InChI is InChI=1S/C22H27N3O4/c1-3-28-19-8-10-21(11-9-19)29-20-6-4-18(5-7-20)23-22(27)16-24-12-14-25(15-13-24)17(2)26/h4-11H,3,12-16H2,1-2H3,(H,23,27)/p+1. The predicted octanol–water partition coefficient (Wildman–Crippen LogP) is 1.56. The quantitative estimate of drug-likeness (QED) is 0.743. The molecule has 0 saturated carbocycles. The van der Waals surface area contributed by atoms with Crippen LogP contribution in [0.2, 0.25) is 0 Å². The van der Waals surface area contributed by atoms with E-state index in [0.29, 0.717) is 32.0 Å². The lowest BCUT2D eigenvalue weighted by Crippen LogP contribution is -3.15. The van der Waals surface area contributed by atoms with Crippen molar-refractivity contribution in [3.05, 3.63) is 48.5 Å². The molecule has 1 aliphatic heterocycles. The maximum Gasteiger partial charge on any atom is 0.279 e. The zero-order chi connectivity index (χ0) is 20.6. The summed E-state index contributed by atoms with van der Waals surface area (Å²) in [5.41, 5.74) is 0.732. The van der Waals surface area contributed by atoms with Crippen molar-refractivity contribution in [3.8, 4) is 17.2 Å². The predicted molar refractivity (Wildman–Crippen MR) is 111 cm³/mol. The summed E-state index contributed by atoms with van der Waals surface area (Å²) >= 11 is 0. The summed E-state index contributed by atoms with van der Waals surface area (Å²) in [4.78, 5) is 26.7. The monoisotopic (exact) mass is 398 g/mol. The first-order valence-corrected chi connectivity index (χ1v) is 9.93. The average molecular weight is 398 g/mol. The minimum absolute atomic E-state index is 0.0311. The summed E-state index contributed by atoms with van der Waals surface area (Å²) in [5.74, 6) is 2.29. The van der Waals surface area contributed by atoms with Gasteiger partial charge >= 0.3 is 0 Å². The Balaban J connectivity index is 1.46. The first-order valence-electron chi connectivity index (χ1n) is 9.93. The maximum atomic E-state index is 12.3. The van der Waals surface area contributed by atoms with Gasteiger partial charge in [-0.25, -0.2) is 0 Å². The van der Waals surface area contributed by atoms with Crippen molar-refractivity contribution in [1.29, 1.82) is 0 Å². The third kappa shape index (κ3) is 6.22. The van der Waals surface area contributed by atoms with Crippen LogP contribution in [0.4, 0.5) is 5.69 Å². The molecule has 0 atom stereocenters. The highest BCUT2D eigenvalue weighted by molar-refractivity contribution is 5.91. The van der Waals surface area contributed by atoms with Crippen molar-refractivity contribution >= 4 is 17.5 Å². The minimum Gasteiger partial charge on any atom is -0.494 e. The molecule has 2 N–H and O–H groups in total. The molecule has 7 heteroatoms. The third-order valence-electron chi connectivity index (χ3n) is 4.83. The minimum atomic E-state index is -0.0311. The molecule has 3 rings (SSSR count). The smallest absolute Gasteiger partial charge is 0.279 e. The van der Waals surface area contributed by atoms with Gasteiger partial charge in [-0.3, -0.25) is 9.59 Å². The number of quaternary nitrogens is 1. The molecule has 1 aliphatic rings. The molecule has 1 saturated heterocycles. The highest BCUT2D eigenvalue weighted by atomic mass is 16.5. The molecule has 0 radical (unpaired) electrons. The van der Waals surface area contributed by atoms with Gasteiger partial charge in [0.1, 0.15) is 17.2 Å². The second-order valence-corrected chi connectivity index (χ2v) is 7.01. The molecule has 0 bridgehead atoms. The van der Waals surface area contributed by atoms with E-state index in [1.165, 1.54) is 4.90 Å².